The topological polar surface area (TPSA) is 23.6 Å². The van der Waals surface area contributed by atoms with Crippen molar-refractivity contribution in [1.82, 2.24) is 9.80 Å². The van der Waals surface area contributed by atoms with Gasteiger partial charge in [-0.25, -0.2) is 0 Å². The van der Waals surface area contributed by atoms with Gasteiger partial charge in [0.05, 0.1) is 0 Å². The van der Waals surface area contributed by atoms with Crippen molar-refractivity contribution in [3.05, 3.63) is 0 Å². The number of piperidine rings is 2. The van der Waals surface area contributed by atoms with Crippen molar-refractivity contribution in [3.63, 3.8) is 0 Å². The van der Waals surface area contributed by atoms with Crippen LogP contribution >= 0.6 is 0 Å². The molecule has 0 atom stereocenters. The summed E-state index contributed by atoms with van der Waals surface area (Å²) in [7, 11) is 0. The lowest BCUT2D eigenvalue weighted by Crippen LogP contribution is -2.48. The molecule has 0 unspecified atom stereocenters. The van der Waals surface area contributed by atoms with Crippen LogP contribution in [-0.4, -0.2) is 48.4 Å². The summed E-state index contributed by atoms with van der Waals surface area (Å²) in [4.78, 5) is 17.6. The summed E-state index contributed by atoms with van der Waals surface area (Å²) in [6, 6.07) is 0. The molecule has 0 aromatic heterocycles. The second-order valence-corrected chi connectivity index (χ2v) is 11.2. The molecule has 3 nitrogen and oxygen atoms in total. The Bertz CT molecular complexity index is 464. The van der Waals surface area contributed by atoms with E-state index >= 15 is 0 Å². The summed E-state index contributed by atoms with van der Waals surface area (Å²) >= 11 is 0. The van der Waals surface area contributed by atoms with E-state index in [0.717, 1.165) is 31.8 Å². The van der Waals surface area contributed by atoms with E-state index in [1.54, 1.807) is 0 Å². The van der Waals surface area contributed by atoms with Crippen molar-refractivity contribution in [2.24, 2.45) is 11.3 Å². The van der Waals surface area contributed by atoms with Gasteiger partial charge in [-0.1, -0.05) is 85.0 Å². The van der Waals surface area contributed by atoms with Gasteiger partial charge in [0.2, 0.25) is 5.91 Å². The summed E-state index contributed by atoms with van der Waals surface area (Å²) in [6.07, 6.45) is 23.4. The minimum Gasteiger partial charge on any atom is -0.343 e. The average molecular weight is 449 g/mol. The minimum atomic E-state index is 0.427. The lowest BCUT2D eigenvalue weighted by molar-refractivity contribution is -0.134. The molecular weight excluding hydrogens is 392 g/mol. The zero-order chi connectivity index (χ0) is 23.1. The fourth-order valence-electron chi connectivity index (χ4n) is 6.04. The number of carbonyl (C=O) groups is 1. The Kier molecular flexibility index (Phi) is 13.9. The van der Waals surface area contributed by atoms with Gasteiger partial charge in [-0.3, -0.25) is 4.79 Å². The Morgan fingerprint density at radius 1 is 0.688 bits per heavy atom. The fraction of sp³-hybridized carbons (Fsp3) is 0.966. The van der Waals surface area contributed by atoms with E-state index in [2.05, 4.69) is 30.6 Å². The van der Waals surface area contributed by atoms with E-state index in [-0.39, 0.29) is 0 Å². The zero-order valence-corrected chi connectivity index (χ0v) is 22.1. The molecule has 0 bridgehead atoms. The standard InChI is InChI=1S/C29H56N2O/c1-4-7-10-11-14-17-28(32)31-24-20-29(21-25-31)18-22-30(23-19-29)26-27(15-12-8-5-2)16-13-9-6-3/h27H,4-26H2,1-3H3. The second-order valence-electron chi connectivity index (χ2n) is 11.2. The Labute approximate surface area is 201 Å². The maximum absolute atomic E-state index is 12.6. The Hall–Kier alpha value is -0.570. The van der Waals surface area contributed by atoms with E-state index in [4.69, 9.17) is 0 Å². The van der Waals surface area contributed by atoms with Crippen LogP contribution in [0.5, 0.6) is 0 Å². The molecular formula is C29H56N2O. The third-order valence-electron chi connectivity index (χ3n) is 8.54. The molecule has 2 aliphatic heterocycles. The second kappa shape index (κ2) is 16.1. The first kappa shape index (κ1) is 27.7. The Morgan fingerprint density at radius 3 is 1.75 bits per heavy atom. The average Bonchev–Trinajstić information content (AvgIpc) is 2.81. The highest BCUT2D eigenvalue weighted by Gasteiger charge is 2.38. The molecule has 2 heterocycles. The molecule has 0 aromatic rings. The molecule has 2 saturated heterocycles. The molecule has 188 valence electrons. The number of nitrogens with zero attached hydrogens (tertiary/aromatic N) is 2. The Morgan fingerprint density at radius 2 is 1.19 bits per heavy atom. The quantitative estimate of drug-likeness (QED) is 0.225. The lowest BCUT2D eigenvalue weighted by Gasteiger charge is -2.47. The smallest absolute Gasteiger partial charge is 0.222 e. The predicted octanol–water partition coefficient (Wildman–Crippen LogP) is 7.83. The summed E-state index contributed by atoms with van der Waals surface area (Å²) in [6.45, 7) is 12.9. The Balaban J connectivity index is 1.68. The van der Waals surface area contributed by atoms with Crippen LogP contribution in [0.25, 0.3) is 0 Å². The van der Waals surface area contributed by atoms with Gasteiger partial charge >= 0.3 is 0 Å². The van der Waals surface area contributed by atoms with Gasteiger partial charge in [0.1, 0.15) is 0 Å². The first-order valence-electron chi connectivity index (χ1n) is 14.6. The van der Waals surface area contributed by atoms with Gasteiger partial charge in [-0.2, -0.15) is 0 Å². The van der Waals surface area contributed by atoms with Crippen LogP contribution in [-0.2, 0) is 4.79 Å². The molecule has 0 saturated carbocycles. The molecule has 3 heteroatoms. The zero-order valence-electron chi connectivity index (χ0n) is 22.1. The molecule has 0 aromatic carbocycles. The number of likely N-dealkylation sites (tertiary alicyclic amines) is 2. The number of unbranched alkanes of at least 4 members (excludes halogenated alkanes) is 8. The van der Waals surface area contributed by atoms with E-state index in [9.17, 15) is 4.79 Å². The molecule has 0 N–H and O–H groups in total. The minimum absolute atomic E-state index is 0.427. The van der Waals surface area contributed by atoms with Crippen LogP contribution in [0, 0.1) is 11.3 Å². The van der Waals surface area contributed by atoms with E-state index < -0.39 is 0 Å². The molecule has 2 rings (SSSR count). The van der Waals surface area contributed by atoms with Gasteiger partial charge in [0.25, 0.3) is 0 Å². The van der Waals surface area contributed by atoms with Gasteiger partial charge in [-0.15, -0.1) is 0 Å². The molecule has 32 heavy (non-hydrogen) atoms. The van der Waals surface area contributed by atoms with Crippen molar-refractivity contribution in [2.45, 2.75) is 136 Å². The summed E-state index contributed by atoms with van der Waals surface area (Å²) in [5.41, 5.74) is 0.536. The van der Waals surface area contributed by atoms with E-state index in [1.807, 2.05) is 0 Å². The van der Waals surface area contributed by atoms with Crippen molar-refractivity contribution in [3.8, 4) is 0 Å². The summed E-state index contributed by atoms with van der Waals surface area (Å²) < 4.78 is 0. The molecule has 1 spiro atoms. The van der Waals surface area contributed by atoms with Gasteiger partial charge in [-0.05, 0) is 69.4 Å². The summed E-state index contributed by atoms with van der Waals surface area (Å²) in [5, 5.41) is 0. The van der Waals surface area contributed by atoms with Crippen LogP contribution in [0.2, 0.25) is 0 Å². The van der Waals surface area contributed by atoms with Crippen LogP contribution in [0.1, 0.15) is 136 Å². The number of amides is 1. The third-order valence-corrected chi connectivity index (χ3v) is 8.54. The maximum Gasteiger partial charge on any atom is 0.222 e. The highest BCUT2D eigenvalue weighted by atomic mass is 16.2. The van der Waals surface area contributed by atoms with Crippen LogP contribution in [0.3, 0.4) is 0 Å². The monoisotopic (exact) mass is 448 g/mol. The first-order valence-corrected chi connectivity index (χ1v) is 14.6. The molecule has 2 aliphatic rings. The molecule has 1 amide bonds. The van der Waals surface area contributed by atoms with Crippen molar-refractivity contribution in [2.75, 3.05) is 32.7 Å². The third kappa shape index (κ3) is 10.1. The van der Waals surface area contributed by atoms with Gasteiger partial charge < -0.3 is 9.80 Å². The summed E-state index contributed by atoms with van der Waals surface area (Å²) in [5.74, 6) is 1.34. The van der Waals surface area contributed by atoms with Crippen LogP contribution < -0.4 is 0 Å². The molecule has 0 aliphatic carbocycles. The first-order chi connectivity index (χ1) is 15.6. The normalized spacial score (nSPS) is 19.2. The number of carbonyl (C=O) groups excluding carboxylic acids is 1. The van der Waals surface area contributed by atoms with Crippen molar-refractivity contribution >= 4 is 5.91 Å². The SMILES string of the molecule is CCCCCCCC(=O)N1CCC2(CCN(CC(CCCCC)CCCCC)CC2)CC1. The predicted molar refractivity (Wildman–Crippen MR) is 139 cm³/mol. The highest BCUT2D eigenvalue weighted by molar-refractivity contribution is 5.76. The van der Waals surface area contributed by atoms with Crippen molar-refractivity contribution in [1.29, 1.82) is 0 Å². The highest BCUT2D eigenvalue weighted by Crippen LogP contribution is 2.41. The number of hydrogen-bond acceptors (Lipinski definition) is 2. The van der Waals surface area contributed by atoms with Crippen LogP contribution in [0.15, 0.2) is 0 Å². The lowest BCUT2D eigenvalue weighted by atomic mass is 9.71. The molecule has 2 fully saturated rings. The van der Waals surface area contributed by atoms with Gasteiger partial charge in [0, 0.05) is 26.1 Å². The number of rotatable bonds is 16. The maximum atomic E-state index is 12.6. The fourth-order valence-corrected chi connectivity index (χ4v) is 6.04. The van der Waals surface area contributed by atoms with E-state index in [0.29, 0.717) is 11.3 Å². The van der Waals surface area contributed by atoms with Crippen LogP contribution in [0.4, 0.5) is 0 Å². The van der Waals surface area contributed by atoms with Gasteiger partial charge in [0.15, 0.2) is 0 Å². The van der Waals surface area contributed by atoms with Crippen molar-refractivity contribution < 1.29 is 4.79 Å². The number of hydrogen-bond donors (Lipinski definition) is 0. The largest absolute Gasteiger partial charge is 0.343 e. The molecule has 0 radical (unpaired) electrons. The van der Waals surface area contributed by atoms with E-state index in [1.165, 1.54) is 122 Å².